The standard InChI is InChI=1S/C29H43N5O7/c1-21(2)39-27(35)31-13-6-17-38-18-12-22(3)40-29(37)33-20-26-8-5-7-25(34-26)19-23(4)41-28(36)32-16-11-24-9-14-30-15-10-24/h5,7-10,14-15,21-23H,6,11-13,16-20H2,1-4H3,(H,31,35)(H,32,36)(H,33,37). The Morgan fingerprint density at radius 3 is 2.20 bits per heavy atom. The van der Waals surface area contributed by atoms with Gasteiger partial charge in [-0.1, -0.05) is 6.07 Å². The van der Waals surface area contributed by atoms with Crippen molar-refractivity contribution in [3.63, 3.8) is 0 Å². The molecule has 2 aromatic rings. The van der Waals surface area contributed by atoms with E-state index in [1.165, 1.54) is 0 Å². The first kappa shape index (κ1) is 33.3. The summed E-state index contributed by atoms with van der Waals surface area (Å²) >= 11 is 0. The highest BCUT2D eigenvalue weighted by Crippen LogP contribution is 2.07. The number of rotatable bonds is 17. The van der Waals surface area contributed by atoms with Crippen LogP contribution in [0.1, 0.15) is 57.5 Å². The molecule has 3 N–H and O–H groups in total. The van der Waals surface area contributed by atoms with Gasteiger partial charge in [0.15, 0.2) is 0 Å². The van der Waals surface area contributed by atoms with E-state index in [4.69, 9.17) is 18.9 Å². The molecule has 2 heterocycles. The fraction of sp³-hybridized carbons (Fsp3) is 0.552. The van der Waals surface area contributed by atoms with E-state index in [-0.39, 0.29) is 24.9 Å². The highest BCUT2D eigenvalue weighted by molar-refractivity contribution is 5.68. The number of carbonyl (C=O) groups excluding carboxylic acids is 3. The zero-order valence-corrected chi connectivity index (χ0v) is 24.4. The second kappa shape index (κ2) is 19.2. The predicted octanol–water partition coefficient (Wildman–Crippen LogP) is 3.92. The topological polar surface area (TPSA) is 150 Å². The Kier molecular flexibility index (Phi) is 15.6. The predicted molar refractivity (Wildman–Crippen MR) is 152 cm³/mol. The lowest BCUT2D eigenvalue weighted by Crippen LogP contribution is -2.30. The lowest BCUT2D eigenvalue weighted by Gasteiger charge is -2.15. The van der Waals surface area contributed by atoms with Gasteiger partial charge >= 0.3 is 18.3 Å². The fourth-order valence-electron chi connectivity index (χ4n) is 3.58. The zero-order valence-electron chi connectivity index (χ0n) is 24.4. The Morgan fingerprint density at radius 1 is 0.780 bits per heavy atom. The molecule has 41 heavy (non-hydrogen) atoms. The number of carbonyl (C=O) groups is 3. The number of nitrogens with zero attached hydrogens (tertiary/aromatic N) is 2. The van der Waals surface area contributed by atoms with Gasteiger partial charge in [0.2, 0.25) is 0 Å². The van der Waals surface area contributed by atoms with Crippen LogP contribution in [0.2, 0.25) is 0 Å². The van der Waals surface area contributed by atoms with E-state index in [9.17, 15) is 14.4 Å². The average Bonchev–Trinajstić information content (AvgIpc) is 2.91. The first-order valence-electron chi connectivity index (χ1n) is 14.0. The van der Waals surface area contributed by atoms with Crippen LogP contribution in [-0.4, -0.2) is 72.9 Å². The van der Waals surface area contributed by atoms with Crippen molar-refractivity contribution in [3.05, 3.63) is 59.7 Å². The molecule has 12 nitrogen and oxygen atoms in total. The van der Waals surface area contributed by atoms with Crippen molar-refractivity contribution in [1.29, 1.82) is 0 Å². The Labute approximate surface area is 241 Å². The summed E-state index contributed by atoms with van der Waals surface area (Å²) < 4.78 is 21.3. The zero-order chi connectivity index (χ0) is 29.9. The van der Waals surface area contributed by atoms with Gasteiger partial charge in [0.1, 0.15) is 12.2 Å². The Balaban J connectivity index is 1.57. The minimum absolute atomic E-state index is 0.157. The maximum Gasteiger partial charge on any atom is 0.407 e. The molecule has 0 aliphatic carbocycles. The van der Waals surface area contributed by atoms with Crippen LogP contribution >= 0.6 is 0 Å². The van der Waals surface area contributed by atoms with Crippen molar-refractivity contribution in [2.75, 3.05) is 26.3 Å². The van der Waals surface area contributed by atoms with E-state index in [2.05, 4.69) is 25.9 Å². The SMILES string of the molecule is CC(C)OC(=O)NCCCOCCC(C)OC(=O)NCc1cccc(CC(C)OC(=O)NCCc2ccncc2)n1. The molecular formula is C29H43N5O7. The molecule has 2 atom stereocenters. The number of aromatic nitrogens is 2. The lowest BCUT2D eigenvalue weighted by molar-refractivity contribution is 0.0653. The van der Waals surface area contributed by atoms with Crippen LogP contribution in [-0.2, 0) is 38.3 Å². The summed E-state index contributed by atoms with van der Waals surface area (Å²) in [4.78, 5) is 44.2. The van der Waals surface area contributed by atoms with Crippen molar-refractivity contribution >= 4 is 18.3 Å². The number of alkyl carbamates (subject to hydrolysis) is 3. The van der Waals surface area contributed by atoms with Crippen LogP contribution in [0.25, 0.3) is 0 Å². The molecule has 0 saturated carbocycles. The summed E-state index contributed by atoms with van der Waals surface area (Å²) in [6.45, 7) is 9.21. The maximum atomic E-state index is 12.2. The molecule has 3 amide bonds. The number of ether oxygens (including phenoxy) is 4. The number of hydrogen-bond donors (Lipinski definition) is 3. The maximum absolute atomic E-state index is 12.2. The number of hydrogen-bond acceptors (Lipinski definition) is 9. The Hall–Kier alpha value is -3.93. The van der Waals surface area contributed by atoms with E-state index < -0.39 is 18.3 Å². The van der Waals surface area contributed by atoms with Gasteiger partial charge in [-0.2, -0.15) is 0 Å². The molecule has 226 valence electrons. The van der Waals surface area contributed by atoms with E-state index in [0.29, 0.717) is 57.7 Å². The van der Waals surface area contributed by atoms with Crippen LogP contribution in [0.4, 0.5) is 14.4 Å². The molecule has 0 fully saturated rings. The minimum atomic E-state index is -0.544. The third-order valence-corrected chi connectivity index (χ3v) is 5.57. The van der Waals surface area contributed by atoms with Crippen molar-refractivity contribution in [3.8, 4) is 0 Å². The van der Waals surface area contributed by atoms with Crippen molar-refractivity contribution in [2.45, 2.75) is 78.2 Å². The molecule has 2 unspecified atom stereocenters. The quantitative estimate of drug-likeness (QED) is 0.189. The third kappa shape index (κ3) is 16.1. The normalized spacial score (nSPS) is 12.2. The lowest BCUT2D eigenvalue weighted by atomic mass is 10.2. The van der Waals surface area contributed by atoms with Gasteiger partial charge in [0.05, 0.1) is 24.9 Å². The van der Waals surface area contributed by atoms with Crippen LogP contribution in [0.15, 0.2) is 42.7 Å². The summed E-state index contributed by atoms with van der Waals surface area (Å²) in [7, 11) is 0. The van der Waals surface area contributed by atoms with Gasteiger partial charge in [-0.25, -0.2) is 14.4 Å². The third-order valence-electron chi connectivity index (χ3n) is 5.57. The largest absolute Gasteiger partial charge is 0.447 e. The first-order chi connectivity index (χ1) is 19.7. The monoisotopic (exact) mass is 573 g/mol. The molecule has 12 heteroatoms. The fourth-order valence-corrected chi connectivity index (χ4v) is 3.58. The molecule has 0 radical (unpaired) electrons. The minimum Gasteiger partial charge on any atom is -0.447 e. The Morgan fingerprint density at radius 2 is 1.44 bits per heavy atom. The van der Waals surface area contributed by atoms with Gasteiger partial charge in [-0.05, 0) is 70.4 Å². The van der Waals surface area contributed by atoms with Gasteiger partial charge < -0.3 is 34.9 Å². The smallest absolute Gasteiger partial charge is 0.407 e. The second-order valence-electron chi connectivity index (χ2n) is 9.78. The molecule has 0 aliphatic heterocycles. The molecular weight excluding hydrogens is 530 g/mol. The average molecular weight is 574 g/mol. The van der Waals surface area contributed by atoms with Crippen LogP contribution < -0.4 is 16.0 Å². The van der Waals surface area contributed by atoms with Gasteiger partial charge in [0.25, 0.3) is 0 Å². The van der Waals surface area contributed by atoms with Crippen LogP contribution in [0.3, 0.4) is 0 Å². The van der Waals surface area contributed by atoms with E-state index in [0.717, 1.165) is 11.3 Å². The molecule has 2 rings (SSSR count). The first-order valence-corrected chi connectivity index (χ1v) is 14.0. The highest BCUT2D eigenvalue weighted by atomic mass is 16.6. The second-order valence-corrected chi connectivity index (χ2v) is 9.78. The highest BCUT2D eigenvalue weighted by Gasteiger charge is 2.13. The van der Waals surface area contributed by atoms with Gasteiger partial charge in [-0.3, -0.25) is 9.97 Å². The van der Waals surface area contributed by atoms with Crippen molar-refractivity contribution < 1.29 is 33.3 Å². The summed E-state index contributed by atoms with van der Waals surface area (Å²) in [6, 6.07) is 9.29. The summed E-state index contributed by atoms with van der Waals surface area (Å²) in [5.74, 6) is 0. The molecule has 0 spiro atoms. The summed E-state index contributed by atoms with van der Waals surface area (Å²) in [5.41, 5.74) is 2.49. The summed E-state index contributed by atoms with van der Waals surface area (Å²) in [5, 5.41) is 8.11. The number of nitrogens with one attached hydrogen (secondary N) is 3. The Bertz CT molecular complexity index is 1050. The van der Waals surface area contributed by atoms with E-state index in [1.807, 2.05) is 24.3 Å². The van der Waals surface area contributed by atoms with E-state index >= 15 is 0 Å². The molecule has 0 aromatic carbocycles. The summed E-state index contributed by atoms with van der Waals surface area (Å²) in [6.07, 6.45) is 3.42. The van der Waals surface area contributed by atoms with Crippen LogP contribution in [0, 0.1) is 0 Å². The van der Waals surface area contributed by atoms with Gasteiger partial charge in [0, 0.05) is 50.6 Å². The molecule has 0 saturated heterocycles. The van der Waals surface area contributed by atoms with Crippen LogP contribution in [0.5, 0.6) is 0 Å². The molecule has 0 aliphatic rings. The number of pyridine rings is 2. The van der Waals surface area contributed by atoms with Crippen molar-refractivity contribution in [1.82, 2.24) is 25.9 Å². The number of amides is 3. The molecule has 0 bridgehead atoms. The van der Waals surface area contributed by atoms with Gasteiger partial charge in [-0.15, -0.1) is 0 Å². The van der Waals surface area contributed by atoms with E-state index in [1.54, 1.807) is 46.2 Å². The molecule has 2 aromatic heterocycles. The van der Waals surface area contributed by atoms with Crippen molar-refractivity contribution in [2.24, 2.45) is 0 Å².